The maximum Gasteiger partial charge on any atom is 0.236 e. The molecule has 4 bridgehead atoms. The molecule has 4 fully saturated rings. The van der Waals surface area contributed by atoms with Gasteiger partial charge in [-0.2, -0.15) is 0 Å². The molecular formula is C17H25N3O. The van der Waals surface area contributed by atoms with E-state index in [0.29, 0.717) is 11.3 Å². The van der Waals surface area contributed by atoms with Crippen molar-refractivity contribution in [2.45, 2.75) is 51.0 Å². The first-order valence-electron chi connectivity index (χ1n) is 8.28. The van der Waals surface area contributed by atoms with Gasteiger partial charge in [0.05, 0.1) is 13.2 Å². The zero-order chi connectivity index (χ0) is 14.4. The number of hydrogen-bond acceptors (Lipinski definition) is 4. The van der Waals surface area contributed by atoms with Crippen LogP contribution in [0.3, 0.4) is 0 Å². The lowest BCUT2D eigenvalue weighted by Gasteiger charge is -2.57. The molecule has 4 heteroatoms. The fourth-order valence-corrected chi connectivity index (χ4v) is 5.85. The number of aromatic nitrogens is 2. The summed E-state index contributed by atoms with van der Waals surface area (Å²) >= 11 is 0. The number of nitrogens with zero attached hydrogens (tertiary/aromatic N) is 2. The average Bonchev–Trinajstić information content (AvgIpc) is 2.45. The number of ether oxygens (including phenoxy) is 1. The highest BCUT2D eigenvalue weighted by Crippen LogP contribution is 2.62. The minimum Gasteiger partial charge on any atom is -0.480 e. The summed E-state index contributed by atoms with van der Waals surface area (Å²) in [6.07, 6.45) is 13.0. The van der Waals surface area contributed by atoms with Gasteiger partial charge in [-0.15, -0.1) is 0 Å². The Labute approximate surface area is 126 Å². The smallest absolute Gasteiger partial charge is 0.236 e. The van der Waals surface area contributed by atoms with Crippen LogP contribution in [0.4, 0.5) is 0 Å². The van der Waals surface area contributed by atoms with Gasteiger partial charge in [-0.05, 0) is 68.1 Å². The Morgan fingerprint density at radius 1 is 1.14 bits per heavy atom. The maximum absolute atomic E-state index is 6.51. The quantitative estimate of drug-likeness (QED) is 0.924. The molecule has 1 unspecified atom stereocenters. The molecule has 0 radical (unpaired) electrons. The summed E-state index contributed by atoms with van der Waals surface area (Å²) in [4.78, 5) is 8.68. The van der Waals surface area contributed by atoms with E-state index in [-0.39, 0.29) is 6.04 Å². The predicted molar refractivity (Wildman–Crippen MR) is 80.7 cm³/mol. The zero-order valence-corrected chi connectivity index (χ0v) is 12.8. The van der Waals surface area contributed by atoms with E-state index in [4.69, 9.17) is 10.5 Å². The third-order valence-electron chi connectivity index (χ3n) is 6.05. The molecule has 4 nitrogen and oxygen atoms in total. The van der Waals surface area contributed by atoms with E-state index >= 15 is 0 Å². The highest BCUT2D eigenvalue weighted by molar-refractivity contribution is 5.21. The van der Waals surface area contributed by atoms with E-state index in [9.17, 15) is 0 Å². The van der Waals surface area contributed by atoms with Crippen molar-refractivity contribution in [2.24, 2.45) is 28.9 Å². The zero-order valence-electron chi connectivity index (χ0n) is 12.8. The van der Waals surface area contributed by atoms with E-state index in [0.717, 1.165) is 29.9 Å². The molecule has 1 heterocycles. The largest absolute Gasteiger partial charge is 0.480 e. The summed E-state index contributed by atoms with van der Waals surface area (Å²) < 4.78 is 5.33. The molecule has 1 aromatic rings. The molecule has 4 aliphatic rings. The second-order valence-corrected chi connectivity index (χ2v) is 7.68. The standard InChI is InChI=1S/C17H25N3O/c1-21-16-15(19-2-3-20-16)14(18)10-17-7-11-4-12(8-17)6-13(5-11)9-17/h2-3,11-14H,4-10,18H2,1H3. The molecule has 5 rings (SSSR count). The summed E-state index contributed by atoms with van der Waals surface area (Å²) in [5, 5.41) is 0. The van der Waals surface area contributed by atoms with Crippen molar-refractivity contribution in [1.29, 1.82) is 0 Å². The van der Waals surface area contributed by atoms with Crippen molar-refractivity contribution in [3.8, 4) is 5.88 Å². The van der Waals surface area contributed by atoms with Crippen molar-refractivity contribution in [3.63, 3.8) is 0 Å². The fraction of sp³-hybridized carbons (Fsp3) is 0.765. The topological polar surface area (TPSA) is 61.0 Å². The first-order chi connectivity index (χ1) is 10.2. The van der Waals surface area contributed by atoms with Gasteiger partial charge in [0.2, 0.25) is 5.88 Å². The summed E-state index contributed by atoms with van der Waals surface area (Å²) in [7, 11) is 1.64. The molecule has 21 heavy (non-hydrogen) atoms. The second kappa shape index (κ2) is 4.94. The van der Waals surface area contributed by atoms with Crippen molar-refractivity contribution >= 4 is 0 Å². The van der Waals surface area contributed by atoms with Crippen LogP contribution in [0.15, 0.2) is 12.4 Å². The lowest BCUT2D eigenvalue weighted by Crippen LogP contribution is -2.47. The third kappa shape index (κ3) is 2.33. The van der Waals surface area contributed by atoms with Gasteiger partial charge in [0, 0.05) is 12.4 Å². The summed E-state index contributed by atoms with van der Waals surface area (Å²) in [5.41, 5.74) is 7.81. The Bertz CT molecular complexity index is 495. The average molecular weight is 287 g/mol. The van der Waals surface area contributed by atoms with Crippen LogP contribution in [0, 0.1) is 23.2 Å². The van der Waals surface area contributed by atoms with Gasteiger partial charge in [-0.3, -0.25) is 4.98 Å². The van der Waals surface area contributed by atoms with Crippen LogP contribution in [0.1, 0.15) is 56.7 Å². The van der Waals surface area contributed by atoms with E-state index in [1.54, 1.807) is 19.5 Å². The lowest BCUT2D eigenvalue weighted by atomic mass is 9.48. The molecule has 4 aliphatic carbocycles. The highest BCUT2D eigenvalue weighted by atomic mass is 16.5. The van der Waals surface area contributed by atoms with E-state index in [1.807, 2.05) is 0 Å². The van der Waals surface area contributed by atoms with E-state index in [2.05, 4.69) is 9.97 Å². The second-order valence-electron chi connectivity index (χ2n) is 7.68. The molecular weight excluding hydrogens is 262 g/mol. The first kappa shape index (κ1) is 13.5. The van der Waals surface area contributed by atoms with Crippen LogP contribution in [0.2, 0.25) is 0 Å². The first-order valence-corrected chi connectivity index (χ1v) is 8.28. The Morgan fingerprint density at radius 3 is 2.29 bits per heavy atom. The Balaban J connectivity index is 1.55. The molecule has 0 aliphatic heterocycles. The molecule has 2 N–H and O–H groups in total. The Kier molecular flexibility index (Phi) is 3.18. The summed E-state index contributed by atoms with van der Waals surface area (Å²) in [5.74, 6) is 3.49. The Morgan fingerprint density at radius 2 is 1.71 bits per heavy atom. The molecule has 4 saturated carbocycles. The normalized spacial score (nSPS) is 38.5. The van der Waals surface area contributed by atoms with Gasteiger partial charge >= 0.3 is 0 Å². The van der Waals surface area contributed by atoms with Crippen LogP contribution < -0.4 is 10.5 Å². The van der Waals surface area contributed by atoms with Gasteiger partial charge in [0.25, 0.3) is 0 Å². The van der Waals surface area contributed by atoms with Crippen molar-refractivity contribution in [2.75, 3.05) is 7.11 Å². The molecule has 1 aromatic heterocycles. The number of methoxy groups -OCH3 is 1. The van der Waals surface area contributed by atoms with Crippen LogP contribution >= 0.6 is 0 Å². The molecule has 114 valence electrons. The molecule has 1 atom stereocenters. The van der Waals surface area contributed by atoms with Gasteiger partial charge in [0.1, 0.15) is 5.69 Å². The predicted octanol–water partition coefficient (Wildman–Crippen LogP) is 3.09. The van der Waals surface area contributed by atoms with Crippen molar-refractivity contribution in [3.05, 3.63) is 18.1 Å². The molecule has 0 saturated heterocycles. The van der Waals surface area contributed by atoms with Crippen LogP contribution in [-0.4, -0.2) is 17.1 Å². The fourth-order valence-electron chi connectivity index (χ4n) is 5.85. The maximum atomic E-state index is 6.51. The minimum atomic E-state index is -0.0510. The van der Waals surface area contributed by atoms with Gasteiger partial charge in [0.15, 0.2) is 0 Å². The van der Waals surface area contributed by atoms with E-state index in [1.165, 1.54) is 38.5 Å². The number of nitrogens with two attached hydrogens (primary N) is 1. The third-order valence-corrected chi connectivity index (χ3v) is 6.05. The van der Waals surface area contributed by atoms with Crippen LogP contribution in [-0.2, 0) is 0 Å². The SMILES string of the molecule is COc1nccnc1C(N)CC12CC3CC(CC(C3)C1)C2. The highest BCUT2D eigenvalue weighted by Gasteiger charge is 2.51. The van der Waals surface area contributed by atoms with Gasteiger partial charge in [-0.25, -0.2) is 4.98 Å². The number of rotatable bonds is 4. The number of hydrogen-bond donors (Lipinski definition) is 1. The van der Waals surface area contributed by atoms with Crippen molar-refractivity contribution < 1.29 is 4.74 Å². The molecule has 0 spiro atoms. The van der Waals surface area contributed by atoms with Gasteiger partial charge in [-0.1, -0.05) is 0 Å². The van der Waals surface area contributed by atoms with Gasteiger partial charge < -0.3 is 10.5 Å². The summed E-state index contributed by atoms with van der Waals surface area (Å²) in [6.45, 7) is 0. The van der Waals surface area contributed by atoms with Crippen molar-refractivity contribution in [1.82, 2.24) is 9.97 Å². The van der Waals surface area contributed by atoms with E-state index < -0.39 is 0 Å². The lowest BCUT2D eigenvalue weighted by molar-refractivity contribution is -0.0607. The summed E-state index contributed by atoms with van der Waals surface area (Å²) in [6, 6.07) is -0.0510. The monoisotopic (exact) mass is 287 g/mol. The van der Waals surface area contributed by atoms with Crippen LogP contribution in [0.5, 0.6) is 5.88 Å². The van der Waals surface area contributed by atoms with Crippen LogP contribution in [0.25, 0.3) is 0 Å². The Hall–Kier alpha value is -1.16. The molecule has 0 amide bonds. The minimum absolute atomic E-state index is 0.0510. The molecule has 0 aromatic carbocycles.